The summed E-state index contributed by atoms with van der Waals surface area (Å²) in [7, 11) is 3.81. The van der Waals surface area contributed by atoms with E-state index in [2.05, 4.69) is 15.2 Å². The Hall–Kier alpha value is -1.37. The van der Waals surface area contributed by atoms with Crippen LogP contribution in [-0.2, 0) is 6.54 Å². The highest BCUT2D eigenvalue weighted by atomic mass is 32.1. The van der Waals surface area contributed by atoms with E-state index in [9.17, 15) is 8.78 Å². The van der Waals surface area contributed by atoms with Crippen LogP contribution in [0.1, 0.15) is 23.7 Å². The molecule has 0 radical (unpaired) electrons. The Morgan fingerprint density at radius 3 is 2.57 bits per heavy atom. The van der Waals surface area contributed by atoms with Gasteiger partial charge < -0.3 is 10.2 Å². The molecule has 1 atom stereocenters. The number of nitrogens with one attached hydrogen (secondary N) is 1. The Morgan fingerprint density at radius 2 is 2.00 bits per heavy atom. The monoisotopic (exact) mass is 311 g/mol. The zero-order valence-corrected chi connectivity index (χ0v) is 13.0. The van der Waals surface area contributed by atoms with Crippen LogP contribution in [0, 0.1) is 11.6 Å². The van der Waals surface area contributed by atoms with E-state index in [1.165, 1.54) is 12.1 Å². The van der Waals surface area contributed by atoms with Crippen LogP contribution < -0.4 is 5.32 Å². The normalized spacial score (nSPS) is 12.8. The van der Waals surface area contributed by atoms with Crippen molar-refractivity contribution in [1.82, 2.24) is 15.2 Å². The standard InChI is InChI=1S/C15H19F2N3S/c1-18-15(11-5-12(16)7-13(17)6-11)3-4-20(2)8-14-9-21-10-19-14/h5-7,9-10,15,18H,3-4,8H2,1-2H3. The van der Waals surface area contributed by atoms with Crippen LogP contribution in [0.5, 0.6) is 0 Å². The third-order valence-corrected chi connectivity index (χ3v) is 3.99. The Labute approximate surface area is 127 Å². The molecule has 0 aliphatic rings. The maximum absolute atomic E-state index is 13.3. The maximum Gasteiger partial charge on any atom is 0.126 e. The highest BCUT2D eigenvalue weighted by Crippen LogP contribution is 2.19. The number of hydrogen-bond acceptors (Lipinski definition) is 4. The van der Waals surface area contributed by atoms with Gasteiger partial charge in [0.1, 0.15) is 11.6 Å². The molecule has 0 amide bonds. The average Bonchev–Trinajstić information content (AvgIpc) is 2.91. The van der Waals surface area contributed by atoms with Crippen LogP contribution in [0.15, 0.2) is 29.1 Å². The van der Waals surface area contributed by atoms with Crippen molar-refractivity contribution in [2.24, 2.45) is 0 Å². The van der Waals surface area contributed by atoms with Gasteiger partial charge in [-0.15, -0.1) is 11.3 Å². The SMILES string of the molecule is CNC(CCN(C)Cc1cscn1)c1cc(F)cc(F)c1. The van der Waals surface area contributed by atoms with Crippen LogP contribution in [0.25, 0.3) is 0 Å². The van der Waals surface area contributed by atoms with Gasteiger partial charge in [-0.25, -0.2) is 13.8 Å². The van der Waals surface area contributed by atoms with Crippen molar-refractivity contribution in [3.63, 3.8) is 0 Å². The largest absolute Gasteiger partial charge is 0.313 e. The summed E-state index contributed by atoms with van der Waals surface area (Å²) in [6, 6.07) is 3.58. The van der Waals surface area contributed by atoms with Gasteiger partial charge in [0.15, 0.2) is 0 Å². The molecule has 1 unspecified atom stereocenters. The van der Waals surface area contributed by atoms with E-state index in [0.29, 0.717) is 5.56 Å². The maximum atomic E-state index is 13.3. The predicted molar refractivity (Wildman–Crippen MR) is 81.2 cm³/mol. The topological polar surface area (TPSA) is 28.2 Å². The van der Waals surface area contributed by atoms with E-state index in [4.69, 9.17) is 0 Å². The first kappa shape index (κ1) is 16.0. The van der Waals surface area contributed by atoms with E-state index in [-0.39, 0.29) is 6.04 Å². The molecule has 114 valence electrons. The van der Waals surface area contributed by atoms with Crippen molar-refractivity contribution >= 4 is 11.3 Å². The molecule has 3 nitrogen and oxygen atoms in total. The summed E-state index contributed by atoms with van der Waals surface area (Å²) in [5.41, 5.74) is 3.49. The predicted octanol–water partition coefficient (Wildman–Crippen LogP) is 3.20. The molecule has 0 bridgehead atoms. The third kappa shape index (κ3) is 4.84. The van der Waals surface area contributed by atoms with Crippen molar-refractivity contribution in [3.8, 4) is 0 Å². The molecule has 0 saturated heterocycles. The van der Waals surface area contributed by atoms with Gasteiger partial charge >= 0.3 is 0 Å². The molecular weight excluding hydrogens is 292 g/mol. The molecule has 21 heavy (non-hydrogen) atoms. The highest BCUT2D eigenvalue weighted by molar-refractivity contribution is 7.07. The van der Waals surface area contributed by atoms with Crippen molar-refractivity contribution in [2.75, 3.05) is 20.6 Å². The lowest BCUT2D eigenvalue weighted by Crippen LogP contribution is -2.25. The second-order valence-corrected chi connectivity index (χ2v) is 5.77. The lowest BCUT2D eigenvalue weighted by Gasteiger charge is -2.21. The summed E-state index contributed by atoms with van der Waals surface area (Å²) in [5.74, 6) is -1.08. The Balaban J connectivity index is 1.92. The Kier molecular flexibility index (Phi) is 5.78. The molecular formula is C15H19F2N3S. The zero-order chi connectivity index (χ0) is 15.2. The lowest BCUT2D eigenvalue weighted by molar-refractivity contribution is 0.301. The van der Waals surface area contributed by atoms with Gasteiger partial charge in [-0.05, 0) is 38.2 Å². The first-order valence-corrected chi connectivity index (χ1v) is 7.71. The van der Waals surface area contributed by atoms with Gasteiger partial charge in [0.2, 0.25) is 0 Å². The molecule has 2 aromatic rings. The van der Waals surface area contributed by atoms with E-state index < -0.39 is 11.6 Å². The number of halogens is 2. The lowest BCUT2D eigenvalue weighted by atomic mass is 10.0. The van der Waals surface area contributed by atoms with Crippen molar-refractivity contribution in [1.29, 1.82) is 0 Å². The van der Waals surface area contributed by atoms with Crippen molar-refractivity contribution in [2.45, 2.75) is 19.0 Å². The summed E-state index contributed by atoms with van der Waals surface area (Å²) in [6.45, 7) is 1.58. The van der Waals surface area contributed by atoms with Crippen LogP contribution >= 0.6 is 11.3 Å². The second kappa shape index (κ2) is 7.59. The highest BCUT2D eigenvalue weighted by Gasteiger charge is 2.13. The third-order valence-electron chi connectivity index (χ3n) is 3.35. The number of aromatic nitrogens is 1. The Morgan fingerprint density at radius 1 is 1.29 bits per heavy atom. The first-order valence-electron chi connectivity index (χ1n) is 6.77. The van der Waals surface area contributed by atoms with Crippen molar-refractivity contribution in [3.05, 3.63) is 52.0 Å². The molecule has 2 rings (SSSR count). The van der Waals surface area contributed by atoms with Crippen LogP contribution in [0.2, 0.25) is 0 Å². The van der Waals surface area contributed by atoms with Crippen LogP contribution in [0.4, 0.5) is 8.78 Å². The quantitative estimate of drug-likeness (QED) is 0.851. The minimum absolute atomic E-state index is 0.0758. The van der Waals surface area contributed by atoms with E-state index >= 15 is 0 Å². The fraction of sp³-hybridized carbons (Fsp3) is 0.400. The number of thiazole rings is 1. The summed E-state index contributed by atoms with van der Waals surface area (Å²) in [6.07, 6.45) is 0.764. The van der Waals surface area contributed by atoms with Crippen LogP contribution in [0.3, 0.4) is 0 Å². The molecule has 0 fully saturated rings. The number of benzene rings is 1. The molecule has 0 aliphatic carbocycles. The molecule has 0 aliphatic heterocycles. The number of nitrogens with zero attached hydrogens (tertiary/aromatic N) is 2. The summed E-state index contributed by atoms with van der Waals surface area (Å²) < 4.78 is 26.6. The smallest absolute Gasteiger partial charge is 0.126 e. The molecule has 0 saturated carbocycles. The van der Waals surface area contributed by atoms with Gasteiger partial charge in [-0.3, -0.25) is 0 Å². The Bertz CT molecular complexity index is 540. The number of hydrogen-bond donors (Lipinski definition) is 1. The van der Waals surface area contributed by atoms with E-state index in [1.807, 2.05) is 17.9 Å². The van der Waals surface area contributed by atoms with E-state index in [0.717, 1.165) is 31.3 Å². The second-order valence-electron chi connectivity index (χ2n) is 5.05. The minimum atomic E-state index is -0.541. The molecule has 1 aromatic heterocycles. The number of rotatable bonds is 7. The molecule has 6 heteroatoms. The summed E-state index contributed by atoms with van der Waals surface area (Å²) >= 11 is 1.58. The average molecular weight is 311 g/mol. The van der Waals surface area contributed by atoms with Gasteiger partial charge in [0.05, 0.1) is 11.2 Å². The fourth-order valence-corrected chi connectivity index (χ4v) is 2.82. The summed E-state index contributed by atoms with van der Waals surface area (Å²) in [5, 5.41) is 5.14. The zero-order valence-electron chi connectivity index (χ0n) is 12.1. The molecule has 1 N–H and O–H groups in total. The molecule has 1 heterocycles. The van der Waals surface area contributed by atoms with Gasteiger partial charge in [0.25, 0.3) is 0 Å². The summed E-state index contributed by atoms with van der Waals surface area (Å²) in [4.78, 5) is 6.39. The van der Waals surface area contributed by atoms with Gasteiger partial charge in [-0.2, -0.15) is 0 Å². The van der Waals surface area contributed by atoms with Crippen LogP contribution in [-0.4, -0.2) is 30.5 Å². The minimum Gasteiger partial charge on any atom is -0.313 e. The fourth-order valence-electron chi connectivity index (χ4n) is 2.27. The van der Waals surface area contributed by atoms with Gasteiger partial charge in [0, 0.05) is 30.6 Å². The van der Waals surface area contributed by atoms with E-state index in [1.54, 1.807) is 18.4 Å². The van der Waals surface area contributed by atoms with Crippen molar-refractivity contribution < 1.29 is 8.78 Å². The molecule has 1 aromatic carbocycles. The first-order chi connectivity index (χ1) is 10.1. The van der Waals surface area contributed by atoms with Gasteiger partial charge in [-0.1, -0.05) is 0 Å². The molecule has 0 spiro atoms.